The van der Waals surface area contributed by atoms with E-state index in [0.717, 1.165) is 35.5 Å². The smallest absolute Gasteiger partial charge is 0.311 e. The first-order chi connectivity index (χ1) is 48.9. The van der Waals surface area contributed by atoms with E-state index in [0.29, 0.717) is 12.5 Å². The SMILES string of the molecule is CCCC(CC)CC(CC(CC)(CC)CC)(CC(CC)(CC)CC)CC(CC(CC(CC)(CC)CC)(CC(CC)(CC)CC)CC(CC)(CC)CC)(CC(CC(CC)(CC)CC)(CC(CC)(CC)CC)CC(CC)(CC)CC)CC(C)(CC)C(=O)OCCOc1ccc(-c2ccc(OC)cc2)cc1. The van der Waals surface area contributed by atoms with Gasteiger partial charge in [0.1, 0.15) is 24.7 Å². The average Bonchev–Trinajstić information content (AvgIpc) is 0.727. The van der Waals surface area contributed by atoms with Crippen molar-refractivity contribution in [2.45, 2.75) is 457 Å². The van der Waals surface area contributed by atoms with Gasteiger partial charge in [-0.3, -0.25) is 4.79 Å². The van der Waals surface area contributed by atoms with Crippen LogP contribution in [-0.4, -0.2) is 26.3 Å². The molecule has 0 fully saturated rings. The van der Waals surface area contributed by atoms with Crippen LogP contribution in [0.1, 0.15) is 457 Å². The summed E-state index contributed by atoms with van der Waals surface area (Å²) < 4.78 is 19.2. The minimum atomic E-state index is -0.774. The fourth-order valence-corrected chi connectivity index (χ4v) is 23.9. The Bertz CT molecular complexity index is 2260. The first kappa shape index (κ1) is 96.6. The zero-order valence-corrected chi connectivity index (χ0v) is 75.2. The highest BCUT2D eigenvalue weighted by Gasteiger charge is 2.60. The maximum Gasteiger partial charge on any atom is 0.311 e. The first-order valence-electron chi connectivity index (χ1n) is 45.4. The van der Waals surface area contributed by atoms with E-state index in [1.54, 1.807) is 7.11 Å². The standard InChI is InChI=1S/C99H182O4/c1-30-57-81(31-2)68-96(70-88(33-4,34-5)35-6,71-89(36-7,37-8)38-9)78-97(79-98(72-90(39-10,40-11)41-12,73-91(42-13,43-14)44-15)74-92(45-16,46-17)47-18,80-99(75-93(48-19,49-20)50-21,76-94(51-22,52-23)53-24)77-95(54-25,55-26)56-27)69-87(28,32-3)86(100)103-67-66-102-85-64-60-83(61-65-85)82-58-62-84(101-29)63-59-82/h58-65,81H,30-57,66-80H2,1-29H3. The molecule has 0 radical (unpaired) electrons. The van der Waals surface area contributed by atoms with Gasteiger partial charge in [0, 0.05) is 0 Å². The Morgan fingerprint density at radius 2 is 0.524 bits per heavy atom. The lowest BCUT2D eigenvalue weighted by molar-refractivity contribution is -0.163. The molecular formula is C99H182O4. The number of rotatable bonds is 61. The van der Waals surface area contributed by atoms with Crippen molar-refractivity contribution < 1.29 is 19.0 Å². The molecule has 602 valence electrons. The van der Waals surface area contributed by atoms with E-state index in [2.05, 4.69) is 230 Å². The van der Waals surface area contributed by atoms with Crippen LogP contribution in [0, 0.1) is 76.3 Å². The Labute approximate surface area is 646 Å². The molecule has 0 N–H and O–H groups in total. The second-order valence-corrected chi connectivity index (χ2v) is 37.0. The van der Waals surface area contributed by atoms with E-state index in [4.69, 9.17) is 14.2 Å². The highest BCUT2D eigenvalue weighted by atomic mass is 16.6. The molecule has 0 saturated carbocycles. The maximum atomic E-state index is 16.9. The summed E-state index contributed by atoms with van der Waals surface area (Å²) in [6.45, 7) is 72.9. The number of carbonyl (C=O) groups is 1. The van der Waals surface area contributed by atoms with Gasteiger partial charge in [-0.05, 0) is 203 Å². The average molecular weight is 1440 g/mol. The Kier molecular flexibility index (Phi) is 41.6. The summed E-state index contributed by atoms with van der Waals surface area (Å²) in [4.78, 5) is 16.9. The lowest BCUT2D eigenvalue weighted by atomic mass is 9.43. The van der Waals surface area contributed by atoms with Crippen molar-refractivity contribution in [1.29, 1.82) is 0 Å². The van der Waals surface area contributed by atoms with Crippen LogP contribution in [0.2, 0.25) is 0 Å². The van der Waals surface area contributed by atoms with E-state index >= 15 is 4.79 Å². The van der Waals surface area contributed by atoms with Gasteiger partial charge in [0.25, 0.3) is 0 Å². The third-order valence-corrected chi connectivity index (χ3v) is 33.1. The molecule has 4 heteroatoms. The Morgan fingerprint density at radius 3 is 0.757 bits per heavy atom. The summed E-state index contributed by atoms with van der Waals surface area (Å²) in [6.07, 6.45) is 49.5. The molecule has 0 spiro atoms. The Balaban J connectivity index is 4.06. The van der Waals surface area contributed by atoms with Gasteiger partial charge in [0.15, 0.2) is 0 Å². The molecule has 2 rings (SSSR count). The summed E-state index contributed by atoms with van der Waals surface area (Å²) in [5, 5.41) is 0. The van der Waals surface area contributed by atoms with Crippen LogP contribution >= 0.6 is 0 Å². The Hall–Kier alpha value is -2.49. The lowest BCUT2D eigenvalue weighted by Gasteiger charge is -2.62. The van der Waals surface area contributed by atoms with Gasteiger partial charge >= 0.3 is 5.97 Å². The number of benzene rings is 2. The maximum absolute atomic E-state index is 16.9. The van der Waals surface area contributed by atoms with Crippen molar-refractivity contribution in [2.75, 3.05) is 20.3 Å². The molecule has 0 amide bonds. The van der Waals surface area contributed by atoms with Crippen LogP contribution in [0.5, 0.6) is 11.5 Å². The molecular weight excluding hydrogens is 1250 g/mol. The predicted molar refractivity (Wildman–Crippen MR) is 458 cm³/mol. The third kappa shape index (κ3) is 25.3. The van der Waals surface area contributed by atoms with Gasteiger partial charge in [-0.25, -0.2) is 0 Å². The van der Waals surface area contributed by atoms with Gasteiger partial charge < -0.3 is 14.2 Å². The molecule has 0 saturated heterocycles. The number of carbonyl (C=O) groups excluding carboxylic acids is 1. The van der Waals surface area contributed by atoms with E-state index in [9.17, 15) is 0 Å². The molecule has 0 bridgehead atoms. The minimum absolute atomic E-state index is 0.00481. The van der Waals surface area contributed by atoms with Gasteiger partial charge in [-0.2, -0.15) is 0 Å². The number of hydrogen-bond acceptors (Lipinski definition) is 4. The fourth-order valence-electron chi connectivity index (χ4n) is 23.9. The van der Waals surface area contributed by atoms with Crippen molar-refractivity contribution >= 4 is 5.97 Å². The molecule has 2 unspecified atom stereocenters. The van der Waals surface area contributed by atoms with E-state index in [1.807, 2.05) is 12.1 Å². The molecule has 0 aliphatic rings. The predicted octanol–water partition coefficient (Wildman–Crippen LogP) is 33.3. The molecule has 2 aromatic carbocycles. The zero-order valence-electron chi connectivity index (χ0n) is 75.2. The molecule has 103 heavy (non-hydrogen) atoms. The normalized spacial score (nSPS) is 14.7. The topological polar surface area (TPSA) is 44.8 Å². The largest absolute Gasteiger partial charge is 0.497 e. The zero-order chi connectivity index (χ0) is 78.1. The summed E-state index contributed by atoms with van der Waals surface area (Å²) in [5.74, 6) is 2.29. The van der Waals surface area contributed by atoms with Crippen molar-refractivity contribution in [3.8, 4) is 22.6 Å². The van der Waals surface area contributed by atoms with Crippen molar-refractivity contribution in [3.05, 3.63) is 48.5 Å². The number of methoxy groups -OCH3 is 1. The van der Waals surface area contributed by atoms with Gasteiger partial charge in [-0.15, -0.1) is 0 Å². The van der Waals surface area contributed by atoms with Crippen molar-refractivity contribution in [2.24, 2.45) is 76.3 Å². The molecule has 0 heterocycles. The van der Waals surface area contributed by atoms with E-state index in [1.165, 1.54) is 250 Å². The molecule has 2 atom stereocenters. The summed E-state index contributed by atoms with van der Waals surface area (Å²) >= 11 is 0. The monoisotopic (exact) mass is 1440 g/mol. The summed E-state index contributed by atoms with van der Waals surface area (Å²) in [7, 11) is 1.72. The van der Waals surface area contributed by atoms with Crippen LogP contribution in [0.3, 0.4) is 0 Å². The molecule has 4 nitrogen and oxygen atoms in total. The molecule has 0 aromatic heterocycles. The second-order valence-electron chi connectivity index (χ2n) is 37.0. The van der Waals surface area contributed by atoms with Crippen LogP contribution < -0.4 is 9.47 Å². The summed E-state index contributed by atoms with van der Waals surface area (Å²) in [5.41, 5.74) is 2.71. The van der Waals surface area contributed by atoms with Crippen LogP contribution in [-0.2, 0) is 9.53 Å². The van der Waals surface area contributed by atoms with Crippen LogP contribution in [0.15, 0.2) is 48.5 Å². The lowest BCUT2D eigenvalue weighted by Crippen LogP contribution is -2.52. The highest BCUT2D eigenvalue weighted by Crippen LogP contribution is 2.71. The van der Waals surface area contributed by atoms with Crippen molar-refractivity contribution in [1.82, 2.24) is 0 Å². The van der Waals surface area contributed by atoms with Gasteiger partial charge in [0.05, 0.1) is 12.5 Å². The third-order valence-electron chi connectivity index (χ3n) is 33.1. The number of ether oxygens (including phenoxy) is 3. The molecule has 0 aliphatic heterocycles. The minimum Gasteiger partial charge on any atom is -0.497 e. The Morgan fingerprint density at radius 1 is 0.291 bits per heavy atom. The summed E-state index contributed by atoms with van der Waals surface area (Å²) in [6, 6.07) is 16.7. The number of hydrogen-bond donors (Lipinski definition) is 0. The van der Waals surface area contributed by atoms with Crippen molar-refractivity contribution in [3.63, 3.8) is 0 Å². The van der Waals surface area contributed by atoms with Crippen LogP contribution in [0.4, 0.5) is 0 Å². The first-order valence-corrected chi connectivity index (χ1v) is 45.4. The quantitative estimate of drug-likeness (QED) is 0.0489. The second kappa shape index (κ2) is 44.4. The molecule has 0 aliphatic carbocycles. The highest BCUT2D eigenvalue weighted by molar-refractivity contribution is 5.76. The molecule has 2 aromatic rings. The van der Waals surface area contributed by atoms with E-state index in [-0.39, 0.29) is 77.6 Å². The van der Waals surface area contributed by atoms with E-state index < -0.39 is 5.41 Å². The number of esters is 1. The van der Waals surface area contributed by atoms with Gasteiger partial charge in [0.2, 0.25) is 0 Å². The van der Waals surface area contributed by atoms with Crippen LogP contribution in [0.25, 0.3) is 11.1 Å². The van der Waals surface area contributed by atoms with Gasteiger partial charge in [-0.1, -0.05) is 385 Å². The fraction of sp³-hybridized carbons (Fsp3) is 0.869.